The molecular formula is C23H22FN3OS. The molecule has 0 radical (unpaired) electrons. The van der Waals surface area contributed by atoms with Crippen LogP contribution in [0.4, 0.5) is 10.1 Å². The van der Waals surface area contributed by atoms with Crippen molar-refractivity contribution in [1.82, 2.24) is 9.88 Å². The number of H-pyrrole nitrogens is 1. The van der Waals surface area contributed by atoms with Gasteiger partial charge in [0.25, 0.3) is 5.91 Å². The molecule has 0 bridgehead atoms. The Morgan fingerprint density at radius 2 is 1.86 bits per heavy atom. The fourth-order valence-electron chi connectivity index (χ4n) is 3.58. The molecule has 148 valence electrons. The van der Waals surface area contributed by atoms with Gasteiger partial charge in [-0.15, -0.1) is 0 Å². The molecule has 6 heteroatoms. The Morgan fingerprint density at radius 3 is 2.55 bits per heavy atom. The Hall–Kier alpha value is -2.99. The Balaban J connectivity index is 1.50. The van der Waals surface area contributed by atoms with E-state index in [2.05, 4.69) is 10.3 Å². The van der Waals surface area contributed by atoms with E-state index < -0.39 is 0 Å². The van der Waals surface area contributed by atoms with Gasteiger partial charge in [0, 0.05) is 37.3 Å². The molecule has 0 atom stereocenters. The largest absolute Gasteiger partial charge is 0.380 e. The highest BCUT2D eigenvalue weighted by Crippen LogP contribution is 2.31. The summed E-state index contributed by atoms with van der Waals surface area (Å²) in [4.78, 5) is 18.0. The van der Waals surface area contributed by atoms with Gasteiger partial charge in [-0.05, 0) is 30.2 Å². The highest BCUT2D eigenvalue weighted by atomic mass is 32.1. The molecule has 4 nitrogen and oxygen atoms in total. The summed E-state index contributed by atoms with van der Waals surface area (Å²) in [6, 6.07) is 16.5. The number of amides is 1. The van der Waals surface area contributed by atoms with Crippen molar-refractivity contribution >= 4 is 23.8 Å². The first-order chi connectivity index (χ1) is 14.0. The molecule has 2 aromatic carbocycles. The Labute approximate surface area is 174 Å². The fourth-order valence-corrected chi connectivity index (χ4v) is 3.74. The number of nitrogens with one attached hydrogen (secondary N) is 2. The van der Waals surface area contributed by atoms with Crippen LogP contribution in [0, 0.1) is 17.4 Å². The lowest BCUT2D eigenvalue weighted by Crippen LogP contribution is -2.48. The highest BCUT2D eigenvalue weighted by molar-refractivity contribution is 7.71. The van der Waals surface area contributed by atoms with E-state index in [1.807, 2.05) is 42.2 Å². The molecule has 1 saturated heterocycles. The quantitative estimate of drug-likeness (QED) is 0.583. The van der Waals surface area contributed by atoms with Gasteiger partial charge in [0.1, 0.15) is 10.5 Å². The molecule has 1 aliphatic rings. The average Bonchev–Trinajstić information content (AvgIpc) is 2.70. The Bertz CT molecular complexity index is 1070. The van der Waals surface area contributed by atoms with E-state index in [-0.39, 0.29) is 17.6 Å². The molecule has 2 heterocycles. The third-order valence-corrected chi connectivity index (χ3v) is 5.81. The van der Waals surface area contributed by atoms with Gasteiger partial charge in [-0.25, -0.2) is 4.39 Å². The molecule has 0 unspecified atom stereocenters. The lowest BCUT2D eigenvalue weighted by Gasteiger charge is -2.40. The van der Waals surface area contributed by atoms with Crippen LogP contribution in [-0.2, 0) is 6.54 Å². The van der Waals surface area contributed by atoms with E-state index >= 15 is 0 Å². The minimum Gasteiger partial charge on any atom is -0.380 e. The number of aromatic nitrogens is 1. The first-order valence-electron chi connectivity index (χ1n) is 9.57. The second-order valence-electron chi connectivity index (χ2n) is 7.33. The summed E-state index contributed by atoms with van der Waals surface area (Å²) in [5.74, 6) is -0.0398. The molecule has 4 rings (SSSR count). The first-order valence-corrected chi connectivity index (χ1v) is 9.98. The number of halogens is 1. The third-order valence-electron chi connectivity index (χ3n) is 5.39. The second-order valence-corrected chi connectivity index (χ2v) is 7.74. The average molecular weight is 408 g/mol. The van der Waals surface area contributed by atoms with E-state index in [1.165, 1.54) is 12.1 Å². The maximum atomic E-state index is 13.1. The van der Waals surface area contributed by atoms with Crippen molar-refractivity contribution in [2.24, 2.45) is 0 Å². The topological polar surface area (TPSA) is 48.1 Å². The number of carbonyl (C=O) groups is 1. The molecule has 29 heavy (non-hydrogen) atoms. The minimum absolute atomic E-state index is 0.0340. The van der Waals surface area contributed by atoms with Crippen LogP contribution in [0.25, 0.3) is 0 Å². The van der Waals surface area contributed by atoms with Crippen LogP contribution in [0.15, 0.2) is 60.8 Å². The molecular weight excluding hydrogens is 385 g/mol. The molecule has 0 spiro atoms. The summed E-state index contributed by atoms with van der Waals surface area (Å²) < 4.78 is 13.7. The van der Waals surface area contributed by atoms with Crippen molar-refractivity contribution < 1.29 is 9.18 Å². The molecule has 2 N–H and O–H groups in total. The van der Waals surface area contributed by atoms with Crippen LogP contribution in [0.1, 0.15) is 33.0 Å². The smallest absolute Gasteiger partial charge is 0.257 e. The van der Waals surface area contributed by atoms with Gasteiger partial charge in [0.2, 0.25) is 0 Å². The standard InChI is InChI=1S/C23H22FN3OS/c1-15-21(25-11-16-5-3-2-4-6-16)20(12-26-22(15)29)23(28)27-13-18(14-27)17-7-9-19(24)10-8-17/h2-10,12,18H,11,13-14H2,1H3,(H2,25,26,29). The van der Waals surface area contributed by atoms with Crippen LogP contribution in [0.3, 0.4) is 0 Å². The van der Waals surface area contributed by atoms with Crippen molar-refractivity contribution in [1.29, 1.82) is 0 Å². The number of benzene rings is 2. The molecule has 0 saturated carbocycles. The molecule has 1 amide bonds. The molecule has 0 aliphatic carbocycles. The maximum absolute atomic E-state index is 13.1. The zero-order valence-electron chi connectivity index (χ0n) is 16.1. The normalized spacial score (nSPS) is 13.8. The van der Waals surface area contributed by atoms with Gasteiger partial charge in [0.15, 0.2) is 0 Å². The lowest BCUT2D eigenvalue weighted by molar-refractivity contribution is 0.0602. The van der Waals surface area contributed by atoms with E-state index in [9.17, 15) is 9.18 Å². The summed E-state index contributed by atoms with van der Waals surface area (Å²) in [5.41, 5.74) is 4.40. The van der Waals surface area contributed by atoms with Gasteiger partial charge in [-0.2, -0.15) is 0 Å². The summed E-state index contributed by atoms with van der Waals surface area (Å²) in [7, 11) is 0. The number of nitrogens with zero attached hydrogens (tertiary/aromatic N) is 1. The van der Waals surface area contributed by atoms with E-state index in [4.69, 9.17) is 12.2 Å². The number of pyridine rings is 1. The van der Waals surface area contributed by atoms with Gasteiger partial charge in [-0.1, -0.05) is 54.7 Å². The highest BCUT2D eigenvalue weighted by Gasteiger charge is 2.33. The second kappa shape index (κ2) is 8.17. The number of anilines is 1. The zero-order valence-corrected chi connectivity index (χ0v) is 16.9. The van der Waals surface area contributed by atoms with Crippen molar-refractivity contribution in [2.45, 2.75) is 19.4 Å². The van der Waals surface area contributed by atoms with Crippen LogP contribution >= 0.6 is 12.2 Å². The van der Waals surface area contributed by atoms with E-state index in [0.717, 1.165) is 22.4 Å². The van der Waals surface area contributed by atoms with Crippen LogP contribution in [-0.4, -0.2) is 28.9 Å². The summed E-state index contributed by atoms with van der Waals surface area (Å²) in [5, 5.41) is 3.40. The van der Waals surface area contributed by atoms with Gasteiger partial charge in [-0.3, -0.25) is 4.79 Å². The predicted octanol–water partition coefficient (Wildman–Crippen LogP) is 5.04. The van der Waals surface area contributed by atoms with Gasteiger partial charge < -0.3 is 15.2 Å². The van der Waals surface area contributed by atoms with Crippen molar-refractivity contribution in [3.8, 4) is 0 Å². The van der Waals surface area contributed by atoms with E-state index in [0.29, 0.717) is 29.8 Å². The van der Waals surface area contributed by atoms with Crippen LogP contribution < -0.4 is 5.32 Å². The number of hydrogen-bond donors (Lipinski definition) is 2. The predicted molar refractivity (Wildman–Crippen MR) is 115 cm³/mol. The summed E-state index contributed by atoms with van der Waals surface area (Å²) >= 11 is 5.37. The zero-order chi connectivity index (χ0) is 20.4. The number of hydrogen-bond acceptors (Lipinski definition) is 3. The summed E-state index contributed by atoms with van der Waals surface area (Å²) in [6.45, 7) is 3.77. The molecule has 3 aromatic rings. The summed E-state index contributed by atoms with van der Waals surface area (Å²) in [6.07, 6.45) is 1.69. The van der Waals surface area contributed by atoms with E-state index in [1.54, 1.807) is 18.3 Å². The van der Waals surface area contributed by atoms with Crippen LogP contribution in [0.2, 0.25) is 0 Å². The number of rotatable bonds is 5. The van der Waals surface area contributed by atoms with Crippen molar-refractivity contribution in [3.05, 3.63) is 93.5 Å². The lowest BCUT2D eigenvalue weighted by atomic mass is 9.90. The fraction of sp³-hybridized carbons (Fsp3) is 0.217. The number of aromatic amines is 1. The SMILES string of the molecule is Cc1c(NCc2ccccc2)c(C(=O)N2CC(c3ccc(F)cc3)C2)c[nH]c1=S. The van der Waals surface area contributed by atoms with Crippen molar-refractivity contribution in [3.63, 3.8) is 0 Å². The Kier molecular flexibility index (Phi) is 5.45. The third kappa shape index (κ3) is 4.07. The molecule has 1 aliphatic heterocycles. The molecule has 1 aromatic heterocycles. The molecule has 1 fully saturated rings. The maximum Gasteiger partial charge on any atom is 0.257 e. The van der Waals surface area contributed by atoms with Crippen molar-refractivity contribution in [2.75, 3.05) is 18.4 Å². The number of likely N-dealkylation sites (tertiary alicyclic amines) is 1. The van der Waals surface area contributed by atoms with Crippen LogP contribution in [0.5, 0.6) is 0 Å². The number of carbonyl (C=O) groups excluding carboxylic acids is 1. The Morgan fingerprint density at radius 1 is 1.17 bits per heavy atom. The van der Waals surface area contributed by atoms with Gasteiger partial charge >= 0.3 is 0 Å². The monoisotopic (exact) mass is 407 g/mol. The first kappa shape index (κ1) is 19.3. The minimum atomic E-state index is -0.245. The van der Waals surface area contributed by atoms with Gasteiger partial charge in [0.05, 0.1) is 11.3 Å².